The highest BCUT2D eigenvalue weighted by molar-refractivity contribution is 5.37. The second kappa shape index (κ2) is 8.61. The van der Waals surface area contributed by atoms with Crippen molar-refractivity contribution in [3.63, 3.8) is 0 Å². The second-order valence-corrected chi connectivity index (χ2v) is 5.68. The summed E-state index contributed by atoms with van der Waals surface area (Å²) in [6.45, 7) is 3.77. The van der Waals surface area contributed by atoms with Gasteiger partial charge in [-0.3, -0.25) is 0 Å². The number of nitrogens with one attached hydrogen (secondary N) is 1. The van der Waals surface area contributed by atoms with Crippen LogP contribution < -0.4 is 5.32 Å². The second-order valence-electron chi connectivity index (χ2n) is 5.68. The number of hydrogen-bond acceptors (Lipinski definition) is 6. The molecule has 2 heterocycles. The Balaban J connectivity index is 0.00000139. The van der Waals surface area contributed by atoms with Gasteiger partial charge in [-0.2, -0.15) is 13.2 Å². The first kappa shape index (κ1) is 20.6. The Kier molecular flexibility index (Phi) is 7.40. The van der Waals surface area contributed by atoms with Crippen molar-refractivity contribution in [1.82, 2.24) is 4.98 Å². The molecule has 4 atom stereocenters. The molecular weight excluding hydrogens is 329 g/mol. The molecule has 6 nitrogen and oxygen atoms in total. The van der Waals surface area contributed by atoms with E-state index < -0.39 is 36.2 Å². The van der Waals surface area contributed by atoms with Crippen LogP contribution >= 0.6 is 0 Å². The zero-order valence-corrected chi connectivity index (χ0v) is 13.7. The maximum absolute atomic E-state index is 12.6. The Labute approximate surface area is 138 Å². The first-order valence-corrected chi connectivity index (χ1v) is 7.43. The van der Waals surface area contributed by atoms with Crippen LogP contribution in [-0.2, 0) is 10.9 Å². The van der Waals surface area contributed by atoms with E-state index in [2.05, 4.69) is 10.3 Å². The van der Waals surface area contributed by atoms with Crippen LogP contribution in [0.4, 0.5) is 19.0 Å². The number of pyridine rings is 1. The Hall–Kier alpha value is -1.42. The molecule has 1 aliphatic rings. The molecule has 0 spiro atoms. The summed E-state index contributed by atoms with van der Waals surface area (Å²) >= 11 is 0. The van der Waals surface area contributed by atoms with Gasteiger partial charge in [-0.1, -0.05) is 19.9 Å². The summed E-state index contributed by atoms with van der Waals surface area (Å²) in [4.78, 5) is 3.47. The molecule has 0 amide bonds. The molecule has 4 N–H and O–H groups in total. The van der Waals surface area contributed by atoms with E-state index in [1.807, 2.05) is 13.8 Å². The largest absolute Gasteiger partial charge is 0.433 e. The van der Waals surface area contributed by atoms with Crippen molar-refractivity contribution >= 4 is 5.82 Å². The van der Waals surface area contributed by atoms with Gasteiger partial charge in [-0.25, -0.2) is 4.98 Å². The van der Waals surface area contributed by atoms with Crippen LogP contribution in [0.2, 0.25) is 0 Å². The highest BCUT2D eigenvalue weighted by Crippen LogP contribution is 2.29. The van der Waals surface area contributed by atoms with E-state index in [4.69, 9.17) is 9.84 Å². The Morgan fingerprint density at radius 2 is 1.83 bits per heavy atom. The number of aromatic nitrogens is 1. The minimum absolute atomic E-state index is 0.0114. The van der Waals surface area contributed by atoms with Crippen molar-refractivity contribution in [2.45, 2.75) is 44.4 Å². The third kappa shape index (κ3) is 5.04. The molecule has 1 aliphatic heterocycles. The van der Waals surface area contributed by atoms with Crippen molar-refractivity contribution in [1.29, 1.82) is 0 Å². The first-order valence-electron chi connectivity index (χ1n) is 7.43. The van der Waals surface area contributed by atoms with Crippen LogP contribution in [0.25, 0.3) is 0 Å². The van der Waals surface area contributed by atoms with Gasteiger partial charge >= 0.3 is 6.18 Å². The molecule has 9 heteroatoms. The number of aliphatic hydroxyl groups is 3. The molecule has 2 rings (SSSR count). The minimum atomic E-state index is -4.54. The summed E-state index contributed by atoms with van der Waals surface area (Å²) in [5.41, 5.74) is -1.02. The quantitative estimate of drug-likeness (QED) is 0.654. The summed E-state index contributed by atoms with van der Waals surface area (Å²) in [6.07, 6.45) is -7.32. The highest BCUT2D eigenvalue weighted by atomic mass is 19.4. The summed E-state index contributed by atoms with van der Waals surface area (Å²) < 4.78 is 43.3. The number of hydrogen-bond donors (Lipinski definition) is 4. The monoisotopic (exact) mass is 352 g/mol. The summed E-state index contributed by atoms with van der Waals surface area (Å²) in [5, 5.41) is 29.8. The smallest absolute Gasteiger partial charge is 0.400 e. The maximum Gasteiger partial charge on any atom is 0.433 e. The summed E-state index contributed by atoms with van der Waals surface area (Å²) in [6, 6.07) is 2.72. The fourth-order valence-electron chi connectivity index (χ4n) is 2.42. The number of halogens is 3. The number of aliphatic hydroxyl groups excluding tert-OH is 3. The van der Waals surface area contributed by atoms with Crippen molar-refractivity contribution in [3.05, 3.63) is 23.9 Å². The van der Waals surface area contributed by atoms with Gasteiger partial charge in [0.15, 0.2) is 0 Å². The highest BCUT2D eigenvalue weighted by Gasteiger charge is 2.40. The van der Waals surface area contributed by atoms with E-state index in [0.29, 0.717) is 0 Å². The fraction of sp³-hybridized carbons (Fsp3) is 0.667. The van der Waals surface area contributed by atoms with Crippen LogP contribution in [0, 0.1) is 5.92 Å². The lowest BCUT2D eigenvalue weighted by Crippen LogP contribution is -2.57. The molecule has 1 aromatic rings. The van der Waals surface area contributed by atoms with Gasteiger partial charge in [-0.05, 0) is 18.1 Å². The van der Waals surface area contributed by atoms with Crippen molar-refractivity contribution in [2.75, 3.05) is 19.0 Å². The first-order chi connectivity index (χ1) is 11.2. The van der Waals surface area contributed by atoms with Gasteiger partial charge in [0.1, 0.15) is 23.7 Å². The van der Waals surface area contributed by atoms with E-state index in [1.165, 1.54) is 12.1 Å². The number of nitrogens with zero attached hydrogens (tertiary/aromatic N) is 1. The van der Waals surface area contributed by atoms with Gasteiger partial charge in [-0.15, -0.1) is 0 Å². The molecule has 1 saturated heterocycles. The number of ether oxygens (including phenoxy) is 1. The number of rotatable bonds is 3. The minimum Gasteiger partial charge on any atom is -0.400 e. The molecule has 0 aliphatic carbocycles. The lowest BCUT2D eigenvalue weighted by atomic mass is 9.91. The number of alkyl halides is 3. The molecule has 24 heavy (non-hydrogen) atoms. The summed E-state index contributed by atoms with van der Waals surface area (Å²) in [5.74, 6) is -0.0186. The zero-order valence-electron chi connectivity index (χ0n) is 13.7. The molecule has 0 aromatic carbocycles. The topological polar surface area (TPSA) is 94.8 Å². The summed E-state index contributed by atoms with van der Waals surface area (Å²) in [7, 11) is 1.00. The van der Waals surface area contributed by atoms with Crippen LogP contribution in [0.1, 0.15) is 19.5 Å². The van der Waals surface area contributed by atoms with Gasteiger partial charge in [0.2, 0.25) is 0 Å². The zero-order chi connectivity index (χ0) is 18.5. The van der Waals surface area contributed by atoms with Crippen molar-refractivity contribution in [2.24, 2.45) is 5.92 Å². The number of anilines is 1. The predicted octanol–water partition coefficient (Wildman–Crippen LogP) is 1.27. The maximum atomic E-state index is 12.6. The molecule has 0 radical (unpaired) electrons. The average Bonchev–Trinajstić information content (AvgIpc) is 2.53. The van der Waals surface area contributed by atoms with E-state index >= 15 is 0 Å². The third-order valence-electron chi connectivity index (χ3n) is 3.60. The Morgan fingerprint density at radius 3 is 2.38 bits per heavy atom. The molecule has 138 valence electrons. The van der Waals surface area contributed by atoms with Crippen LogP contribution in [0.5, 0.6) is 0 Å². The lowest BCUT2D eigenvalue weighted by molar-refractivity contribution is -0.154. The Morgan fingerprint density at radius 1 is 1.21 bits per heavy atom. The third-order valence-corrected chi connectivity index (χ3v) is 3.60. The normalized spacial score (nSPS) is 27.4. The SMILES string of the molecule is CC(C)C1OCC(Nc2cccc(C(F)(F)F)n2)C(O)C1O.CO. The van der Waals surface area contributed by atoms with Crippen LogP contribution in [0.3, 0.4) is 0 Å². The van der Waals surface area contributed by atoms with Gasteiger partial charge < -0.3 is 25.4 Å². The molecule has 1 fully saturated rings. The van der Waals surface area contributed by atoms with Gasteiger partial charge in [0, 0.05) is 7.11 Å². The van der Waals surface area contributed by atoms with Gasteiger partial charge in [0.05, 0.1) is 18.8 Å². The standard InChI is InChI=1S/C14H19F3N2O3.CH4O/c1-7(2)13-12(21)11(20)8(6-22-13)18-10-5-3-4-9(19-10)14(15,16)17;1-2/h3-5,7-8,11-13,20-21H,6H2,1-2H3,(H,18,19);2H,1H3. The van der Waals surface area contributed by atoms with E-state index in [-0.39, 0.29) is 18.3 Å². The molecule has 0 bridgehead atoms. The predicted molar refractivity (Wildman–Crippen MR) is 81.4 cm³/mol. The van der Waals surface area contributed by atoms with Crippen LogP contribution in [0.15, 0.2) is 18.2 Å². The van der Waals surface area contributed by atoms with E-state index in [0.717, 1.165) is 13.2 Å². The van der Waals surface area contributed by atoms with E-state index in [9.17, 15) is 23.4 Å². The average molecular weight is 352 g/mol. The van der Waals surface area contributed by atoms with Crippen molar-refractivity contribution in [3.8, 4) is 0 Å². The van der Waals surface area contributed by atoms with E-state index in [1.54, 1.807) is 0 Å². The lowest BCUT2D eigenvalue weighted by Gasteiger charge is -2.39. The molecular formula is C15H23F3N2O4. The van der Waals surface area contributed by atoms with Crippen molar-refractivity contribution < 1.29 is 33.2 Å². The Bertz CT molecular complexity index is 514. The molecule has 1 aromatic heterocycles. The molecule has 4 unspecified atom stereocenters. The molecule has 0 saturated carbocycles. The van der Waals surface area contributed by atoms with Gasteiger partial charge in [0.25, 0.3) is 0 Å². The fourth-order valence-corrected chi connectivity index (χ4v) is 2.42. The van der Waals surface area contributed by atoms with Crippen LogP contribution in [-0.4, -0.2) is 58.4 Å².